The Kier molecular flexibility index (Phi) is 7.39. The van der Waals surface area contributed by atoms with Gasteiger partial charge in [-0.3, -0.25) is 9.78 Å². The number of sulfone groups is 1. The fraction of sp³-hybridized carbons (Fsp3) is 0.269. The molecule has 1 aliphatic rings. The Bertz CT molecular complexity index is 1370. The largest absolute Gasteiger partial charge is 0.357 e. The quantitative estimate of drug-likeness (QED) is 0.481. The van der Waals surface area contributed by atoms with Crippen molar-refractivity contribution in [2.45, 2.75) is 18.9 Å². The second-order valence-electron chi connectivity index (χ2n) is 8.68. The van der Waals surface area contributed by atoms with Crippen LogP contribution in [-0.4, -0.2) is 50.4 Å². The number of aromatic nitrogens is 1. The maximum absolute atomic E-state index is 13.2. The second kappa shape index (κ2) is 10.5. The zero-order chi connectivity index (χ0) is 25.0. The molecule has 0 aliphatic carbocycles. The number of nitrogens with zero attached hydrogens (tertiary/aromatic N) is 4. The van der Waals surface area contributed by atoms with Gasteiger partial charge in [-0.15, -0.1) is 0 Å². The van der Waals surface area contributed by atoms with Gasteiger partial charge in [-0.2, -0.15) is 5.26 Å². The molecule has 1 aliphatic heterocycles. The van der Waals surface area contributed by atoms with Crippen LogP contribution in [0.15, 0.2) is 66.9 Å². The third-order valence-electron chi connectivity index (χ3n) is 5.98. The van der Waals surface area contributed by atoms with Crippen LogP contribution in [0, 0.1) is 11.3 Å². The van der Waals surface area contributed by atoms with E-state index in [4.69, 9.17) is 16.9 Å². The average molecular weight is 509 g/mol. The average Bonchev–Trinajstić information content (AvgIpc) is 2.83. The lowest BCUT2D eigenvalue weighted by molar-refractivity contribution is -0.118. The first-order chi connectivity index (χ1) is 16.7. The molecule has 0 spiro atoms. The number of nitriles is 1. The molecule has 180 valence electrons. The van der Waals surface area contributed by atoms with Gasteiger partial charge in [-0.25, -0.2) is 8.42 Å². The van der Waals surface area contributed by atoms with E-state index >= 15 is 0 Å². The maximum atomic E-state index is 13.2. The maximum Gasteiger partial charge on any atom is 0.246 e. The molecule has 4 rings (SSSR count). The van der Waals surface area contributed by atoms with Gasteiger partial charge in [-0.05, 0) is 54.4 Å². The third kappa shape index (κ3) is 6.38. The number of benzene rings is 2. The number of carbonyl (C=O) groups excluding carboxylic acids is 1. The second-order valence-corrected chi connectivity index (χ2v) is 11.4. The summed E-state index contributed by atoms with van der Waals surface area (Å²) in [5.41, 5.74) is 3.95. The van der Waals surface area contributed by atoms with E-state index < -0.39 is 9.84 Å². The summed E-state index contributed by atoms with van der Waals surface area (Å²) in [4.78, 5) is 21.3. The van der Waals surface area contributed by atoms with Crippen molar-refractivity contribution < 1.29 is 13.2 Å². The summed E-state index contributed by atoms with van der Waals surface area (Å²) in [6, 6.07) is 20.1. The molecule has 1 atom stereocenters. The van der Waals surface area contributed by atoms with Crippen molar-refractivity contribution in [2.75, 3.05) is 34.9 Å². The number of carbonyl (C=O) groups is 1. The molecular formula is C26H25ClN4O3S. The molecule has 1 aromatic heterocycles. The molecule has 2 heterocycles. The summed E-state index contributed by atoms with van der Waals surface area (Å²) in [6.45, 7) is 0.462. The number of halogens is 1. The van der Waals surface area contributed by atoms with Crippen molar-refractivity contribution in [3.63, 3.8) is 0 Å². The molecule has 1 amide bonds. The molecule has 0 bridgehead atoms. The van der Waals surface area contributed by atoms with Gasteiger partial charge in [0.1, 0.15) is 9.84 Å². The zero-order valence-electron chi connectivity index (χ0n) is 19.3. The normalized spacial score (nSPS) is 16.3. The molecule has 35 heavy (non-hydrogen) atoms. The van der Waals surface area contributed by atoms with Gasteiger partial charge in [-0.1, -0.05) is 29.8 Å². The predicted molar refractivity (Wildman–Crippen MR) is 137 cm³/mol. The van der Waals surface area contributed by atoms with Gasteiger partial charge in [0, 0.05) is 53.6 Å². The number of anilines is 2. The van der Waals surface area contributed by atoms with Crippen LogP contribution in [0.3, 0.4) is 0 Å². The Labute approximate surface area is 210 Å². The topological polar surface area (TPSA) is 94.4 Å². The Hall–Kier alpha value is -3.41. The van der Waals surface area contributed by atoms with Crippen molar-refractivity contribution in [2.24, 2.45) is 0 Å². The fourth-order valence-electron chi connectivity index (χ4n) is 4.21. The number of piperazine rings is 1. The van der Waals surface area contributed by atoms with Gasteiger partial charge < -0.3 is 9.80 Å². The highest BCUT2D eigenvalue weighted by atomic mass is 35.5. The first kappa shape index (κ1) is 24.7. The minimum Gasteiger partial charge on any atom is -0.357 e. The molecule has 0 N–H and O–H groups in total. The molecule has 7 nitrogen and oxygen atoms in total. The summed E-state index contributed by atoms with van der Waals surface area (Å²) in [5.74, 6) is -0.0668. The molecule has 9 heteroatoms. The first-order valence-corrected chi connectivity index (χ1v) is 13.6. The standard InChI is InChI=1S/C26H25ClN4O3S/c1-35(33,34)12-10-25-17-31(23-4-2-3-21(27)14-23)26(32)18-30(25)24-9-11-29-22(15-24)13-19-5-7-20(16-28)8-6-19/h2-9,11,14-15,25H,10,12-13,17-18H2,1H3. The lowest BCUT2D eigenvalue weighted by Crippen LogP contribution is -2.57. The van der Waals surface area contributed by atoms with Crippen LogP contribution < -0.4 is 9.80 Å². The molecule has 3 aromatic rings. The summed E-state index contributed by atoms with van der Waals surface area (Å²) >= 11 is 6.14. The van der Waals surface area contributed by atoms with Crippen LogP contribution >= 0.6 is 11.6 Å². The Morgan fingerprint density at radius 2 is 1.89 bits per heavy atom. The van der Waals surface area contributed by atoms with Crippen molar-refractivity contribution in [3.8, 4) is 6.07 Å². The minimum atomic E-state index is -3.17. The summed E-state index contributed by atoms with van der Waals surface area (Å²) < 4.78 is 23.9. The molecule has 1 fully saturated rings. The van der Waals surface area contributed by atoms with Crippen molar-refractivity contribution in [1.82, 2.24) is 4.98 Å². The van der Waals surface area contributed by atoms with E-state index in [1.807, 2.05) is 35.2 Å². The SMILES string of the molecule is CS(=O)(=O)CCC1CN(c2cccc(Cl)c2)C(=O)CN1c1ccnc(Cc2ccc(C#N)cc2)c1. The van der Waals surface area contributed by atoms with Gasteiger partial charge in [0.25, 0.3) is 0 Å². The van der Waals surface area contributed by atoms with Crippen LogP contribution in [-0.2, 0) is 21.1 Å². The number of pyridine rings is 1. The molecule has 1 unspecified atom stereocenters. The predicted octanol–water partition coefficient (Wildman–Crippen LogP) is 3.85. The molecule has 0 saturated carbocycles. The minimum absolute atomic E-state index is 0.0227. The van der Waals surface area contributed by atoms with E-state index in [0.717, 1.165) is 16.9 Å². The Morgan fingerprint density at radius 1 is 1.11 bits per heavy atom. The van der Waals surface area contributed by atoms with Crippen LogP contribution in [0.4, 0.5) is 11.4 Å². The van der Waals surface area contributed by atoms with Crippen LogP contribution in [0.25, 0.3) is 0 Å². The highest BCUT2D eigenvalue weighted by molar-refractivity contribution is 7.90. The van der Waals surface area contributed by atoms with Crippen molar-refractivity contribution in [1.29, 1.82) is 5.26 Å². The zero-order valence-corrected chi connectivity index (χ0v) is 20.8. The Balaban J connectivity index is 1.60. The molecule has 0 radical (unpaired) electrons. The smallest absolute Gasteiger partial charge is 0.246 e. The third-order valence-corrected chi connectivity index (χ3v) is 7.19. The lowest BCUT2D eigenvalue weighted by atomic mass is 10.0. The lowest BCUT2D eigenvalue weighted by Gasteiger charge is -2.42. The molecular weight excluding hydrogens is 484 g/mol. The van der Waals surface area contributed by atoms with Gasteiger partial charge >= 0.3 is 0 Å². The van der Waals surface area contributed by atoms with Crippen LogP contribution in [0.2, 0.25) is 5.02 Å². The van der Waals surface area contributed by atoms with Gasteiger partial charge in [0.05, 0.1) is 23.9 Å². The van der Waals surface area contributed by atoms with Crippen LogP contribution in [0.5, 0.6) is 0 Å². The number of rotatable bonds is 7. The molecule has 1 saturated heterocycles. The van der Waals surface area contributed by atoms with E-state index in [1.54, 1.807) is 41.4 Å². The number of hydrogen-bond acceptors (Lipinski definition) is 6. The first-order valence-electron chi connectivity index (χ1n) is 11.2. The van der Waals surface area contributed by atoms with Gasteiger partial charge in [0.15, 0.2) is 0 Å². The van der Waals surface area contributed by atoms with E-state index in [1.165, 1.54) is 6.26 Å². The van der Waals surface area contributed by atoms with Crippen molar-refractivity contribution in [3.05, 3.63) is 88.7 Å². The number of hydrogen-bond donors (Lipinski definition) is 0. The highest BCUT2D eigenvalue weighted by Gasteiger charge is 2.33. The van der Waals surface area contributed by atoms with E-state index in [-0.39, 0.29) is 24.2 Å². The number of amides is 1. The Morgan fingerprint density at radius 3 is 2.57 bits per heavy atom. The summed E-state index contributed by atoms with van der Waals surface area (Å²) in [5, 5.41) is 9.54. The van der Waals surface area contributed by atoms with E-state index in [9.17, 15) is 13.2 Å². The fourth-order valence-corrected chi connectivity index (χ4v) is 5.10. The van der Waals surface area contributed by atoms with E-state index in [0.29, 0.717) is 35.7 Å². The monoisotopic (exact) mass is 508 g/mol. The van der Waals surface area contributed by atoms with Crippen LogP contribution in [0.1, 0.15) is 23.2 Å². The van der Waals surface area contributed by atoms with Gasteiger partial charge in [0.2, 0.25) is 5.91 Å². The summed E-state index contributed by atoms with van der Waals surface area (Å²) in [6.07, 6.45) is 3.89. The highest BCUT2D eigenvalue weighted by Crippen LogP contribution is 2.28. The summed E-state index contributed by atoms with van der Waals surface area (Å²) in [7, 11) is -3.17. The van der Waals surface area contributed by atoms with Crippen molar-refractivity contribution >= 4 is 38.7 Å². The van der Waals surface area contributed by atoms with E-state index in [2.05, 4.69) is 11.1 Å². The molecule has 2 aromatic carbocycles.